The van der Waals surface area contributed by atoms with Gasteiger partial charge in [-0.05, 0) is 42.9 Å². The number of aryl methyl sites for hydroxylation is 1. The number of carboxylic acid groups (broad SMARTS) is 1. The highest BCUT2D eigenvalue weighted by molar-refractivity contribution is 5.97. The van der Waals surface area contributed by atoms with Gasteiger partial charge in [0.15, 0.2) is 0 Å². The molecule has 11 heteroatoms. The van der Waals surface area contributed by atoms with E-state index in [1.165, 1.54) is 18.0 Å². The maximum atomic E-state index is 13.1. The maximum Gasteiger partial charge on any atom is 0.325 e. The highest BCUT2D eigenvalue weighted by Crippen LogP contribution is 2.45. The second kappa shape index (κ2) is 10.2. The molecule has 3 atom stereocenters. The average molecular weight is 458 g/mol. The summed E-state index contributed by atoms with van der Waals surface area (Å²) in [4.78, 5) is 63.2. The number of nitrogens with one attached hydrogen (secondary N) is 1. The van der Waals surface area contributed by atoms with Crippen molar-refractivity contribution in [3.63, 3.8) is 0 Å². The van der Waals surface area contributed by atoms with Gasteiger partial charge in [-0.15, -0.1) is 0 Å². The summed E-state index contributed by atoms with van der Waals surface area (Å²) in [5.74, 6) is -0.466. The van der Waals surface area contributed by atoms with Crippen molar-refractivity contribution in [2.75, 3.05) is 26.7 Å². The number of nitrogens with zero attached hydrogens (tertiary/aromatic N) is 3. The zero-order chi connectivity index (χ0) is 24.1. The van der Waals surface area contributed by atoms with Crippen LogP contribution in [0.4, 0.5) is 0 Å². The van der Waals surface area contributed by atoms with E-state index in [9.17, 15) is 19.2 Å². The minimum atomic E-state index is -0.487. The van der Waals surface area contributed by atoms with Crippen LogP contribution < -0.4 is 10.9 Å². The van der Waals surface area contributed by atoms with E-state index in [-0.39, 0.29) is 42.2 Å². The van der Waals surface area contributed by atoms with Crippen LogP contribution in [0.5, 0.6) is 0 Å². The Morgan fingerprint density at radius 2 is 2.06 bits per heavy atom. The van der Waals surface area contributed by atoms with Gasteiger partial charge in [-0.25, -0.2) is 4.98 Å². The van der Waals surface area contributed by atoms with Crippen molar-refractivity contribution in [2.45, 2.75) is 12.8 Å². The standard InChI is InChI=1S/C21H24N4O5.CH2O2/c1-24-11-23-17-8-13(3-4-14(17)21(24)29)20(28)25-6-5-12-7-15(16(12)10-25)19(27)22-9-18(26)30-2;2-1-3/h3-4,8,11-12,15-16H,5-7,9-10H2,1-2H3,(H,22,27);1H,(H,2,3)/t12-,15-,16-;/m1./s1. The molecule has 2 heterocycles. The lowest BCUT2D eigenvalue weighted by atomic mass is 9.61. The molecule has 4 rings (SSSR count). The molecule has 176 valence electrons. The van der Waals surface area contributed by atoms with Crippen molar-refractivity contribution < 1.29 is 29.0 Å². The van der Waals surface area contributed by atoms with E-state index in [2.05, 4.69) is 15.0 Å². The highest BCUT2D eigenvalue weighted by Gasteiger charge is 2.48. The minimum Gasteiger partial charge on any atom is -0.483 e. The van der Waals surface area contributed by atoms with E-state index >= 15 is 0 Å². The largest absolute Gasteiger partial charge is 0.483 e. The molecular formula is C22H26N4O7. The number of aromatic nitrogens is 2. The molecule has 2 fully saturated rings. The van der Waals surface area contributed by atoms with Crippen LogP contribution >= 0.6 is 0 Å². The summed E-state index contributed by atoms with van der Waals surface area (Å²) in [7, 11) is 2.91. The van der Waals surface area contributed by atoms with Crippen LogP contribution in [0.1, 0.15) is 23.2 Å². The van der Waals surface area contributed by atoms with Crippen molar-refractivity contribution in [3.05, 3.63) is 40.4 Å². The van der Waals surface area contributed by atoms with Gasteiger partial charge in [-0.1, -0.05) is 0 Å². The summed E-state index contributed by atoms with van der Waals surface area (Å²) in [6.07, 6.45) is 3.07. The molecule has 0 bridgehead atoms. The molecule has 2 aromatic rings. The lowest BCUT2D eigenvalue weighted by Gasteiger charge is -2.50. The van der Waals surface area contributed by atoms with Gasteiger partial charge < -0.3 is 24.6 Å². The quantitative estimate of drug-likeness (QED) is 0.481. The topological polar surface area (TPSA) is 148 Å². The molecule has 1 aromatic heterocycles. The van der Waals surface area contributed by atoms with Crippen molar-refractivity contribution in [1.82, 2.24) is 19.8 Å². The van der Waals surface area contributed by atoms with E-state index in [1.54, 1.807) is 30.1 Å². The Kier molecular flexibility index (Phi) is 7.41. The van der Waals surface area contributed by atoms with E-state index in [0.29, 0.717) is 35.5 Å². The van der Waals surface area contributed by atoms with Gasteiger partial charge in [-0.2, -0.15) is 0 Å². The van der Waals surface area contributed by atoms with E-state index in [4.69, 9.17) is 9.90 Å². The fraction of sp³-hybridized carbons (Fsp3) is 0.455. The molecule has 33 heavy (non-hydrogen) atoms. The van der Waals surface area contributed by atoms with Crippen molar-refractivity contribution >= 4 is 35.2 Å². The molecule has 1 aromatic carbocycles. The molecule has 1 saturated heterocycles. The molecule has 1 aliphatic heterocycles. The number of benzene rings is 1. The smallest absolute Gasteiger partial charge is 0.325 e. The number of hydrogen-bond acceptors (Lipinski definition) is 7. The third-order valence-electron chi connectivity index (χ3n) is 6.30. The number of ether oxygens (including phenoxy) is 1. The first-order chi connectivity index (χ1) is 15.8. The second-order valence-corrected chi connectivity index (χ2v) is 8.10. The van der Waals surface area contributed by atoms with Crippen molar-refractivity contribution in [2.24, 2.45) is 24.8 Å². The lowest BCUT2D eigenvalue weighted by Crippen LogP contribution is -2.56. The van der Waals surface area contributed by atoms with Crippen LogP contribution in [0, 0.1) is 17.8 Å². The number of carbonyl (C=O) groups is 4. The molecule has 2 N–H and O–H groups in total. The summed E-state index contributed by atoms with van der Waals surface area (Å²) < 4.78 is 5.95. The monoisotopic (exact) mass is 458 g/mol. The number of likely N-dealkylation sites (tertiary alicyclic amines) is 1. The normalized spacial score (nSPS) is 21.0. The SMILES string of the molecule is COC(=O)CNC(=O)[C@@H]1C[C@H]2CCN(C(=O)c3ccc4c(=O)n(C)cnc4c3)C[C@H]21.O=CO. The summed E-state index contributed by atoms with van der Waals surface area (Å²) in [5.41, 5.74) is 0.811. The minimum absolute atomic E-state index is 0.0891. The molecule has 11 nitrogen and oxygen atoms in total. The molecular weight excluding hydrogens is 432 g/mol. The van der Waals surface area contributed by atoms with Crippen LogP contribution in [-0.4, -0.2) is 70.6 Å². The lowest BCUT2D eigenvalue weighted by molar-refractivity contribution is -0.144. The Morgan fingerprint density at radius 1 is 1.33 bits per heavy atom. The Labute approximate surface area is 189 Å². The zero-order valence-electron chi connectivity index (χ0n) is 18.4. The molecule has 0 spiro atoms. The third-order valence-corrected chi connectivity index (χ3v) is 6.30. The third kappa shape index (κ3) is 5.02. The second-order valence-electron chi connectivity index (χ2n) is 8.10. The number of amides is 2. The Morgan fingerprint density at radius 3 is 2.76 bits per heavy atom. The summed E-state index contributed by atoms with van der Waals surface area (Å²) in [6.45, 7) is 0.746. The molecule has 2 amide bonds. The number of hydrogen-bond donors (Lipinski definition) is 2. The van der Waals surface area contributed by atoms with Crippen LogP contribution in [0.2, 0.25) is 0 Å². The van der Waals surface area contributed by atoms with Gasteiger partial charge in [-0.3, -0.25) is 24.0 Å². The highest BCUT2D eigenvalue weighted by atomic mass is 16.5. The van der Waals surface area contributed by atoms with Gasteiger partial charge in [0.2, 0.25) is 5.91 Å². The van der Waals surface area contributed by atoms with Crippen molar-refractivity contribution in [1.29, 1.82) is 0 Å². The number of piperidine rings is 1. The van der Waals surface area contributed by atoms with E-state index < -0.39 is 5.97 Å². The zero-order valence-corrected chi connectivity index (χ0v) is 18.4. The van der Waals surface area contributed by atoms with Crippen LogP contribution in [-0.2, 0) is 26.2 Å². The number of esters is 1. The Hall–Kier alpha value is -3.76. The van der Waals surface area contributed by atoms with Gasteiger partial charge in [0, 0.05) is 31.6 Å². The average Bonchev–Trinajstić information content (AvgIpc) is 2.80. The summed E-state index contributed by atoms with van der Waals surface area (Å²) in [5, 5.41) is 9.98. The predicted molar refractivity (Wildman–Crippen MR) is 116 cm³/mol. The summed E-state index contributed by atoms with van der Waals surface area (Å²) in [6, 6.07) is 4.94. The number of rotatable bonds is 4. The molecule has 1 saturated carbocycles. The van der Waals surface area contributed by atoms with Gasteiger partial charge in [0.25, 0.3) is 17.9 Å². The van der Waals surface area contributed by atoms with Gasteiger partial charge >= 0.3 is 5.97 Å². The van der Waals surface area contributed by atoms with E-state index in [0.717, 1.165) is 12.8 Å². The molecule has 0 unspecified atom stereocenters. The first-order valence-electron chi connectivity index (χ1n) is 10.5. The first-order valence-corrected chi connectivity index (χ1v) is 10.5. The molecule has 2 aliphatic rings. The van der Waals surface area contributed by atoms with E-state index in [1.807, 2.05) is 0 Å². The number of carbonyl (C=O) groups excluding carboxylic acids is 3. The van der Waals surface area contributed by atoms with Gasteiger partial charge in [0.1, 0.15) is 6.54 Å². The molecule has 0 radical (unpaired) electrons. The summed E-state index contributed by atoms with van der Waals surface area (Å²) >= 11 is 0. The van der Waals surface area contributed by atoms with Crippen LogP contribution in [0.15, 0.2) is 29.3 Å². The van der Waals surface area contributed by atoms with Crippen LogP contribution in [0.3, 0.4) is 0 Å². The maximum absolute atomic E-state index is 13.1. The van der Waals surface area contributed by atoms with Crippen molar-refractivity contribution in [3.8, 4) is 0 Å². The van der Waals surface area contributed by atoms with Gasteiger partial charge in [0.05, 0.1) is 24.3 Å². The van der Waals surface area contributed by atoms with Crippen LogP contribution in [0.25, 0.3) is 10.9 Å². The Balaban J connectivity index is 0.000000968. The first kappa shape index (κ1) is 23.9. The fourth-order valence-electron chi connectivity index (χ4n) is 4.46. The molecule has 1 aliphatic carbocycles. The fourth-order valence-corrected chi connectivity index (χ4v) is 4.46. The Bertz CT molecular complexity index is 1130. The number of methoxy groups -OCH3 is 1. The number of fused-ring (bicyclic) bond motifs is 2. The predicted octanol–water partition coefficient (Wildman–Crippen LogP) is 0.0217.